The van der Waals surface area contributed by atoms with Crippen LogP contribution in [0.2, 0.25) is 0 Å². The van der Waals surface area contributed by atoms with E-state index < -0.39 is 0 Å². The van der Waals surface area contributed by atoms with E-state index in [2.05, 4.69) is 77.6 Å². The number of aromatic nitrogens is 5. The van der Waals surface area contributed by atoms with Gasteiger partial charge in [0.1, 0.15) is 5.69 Å². The van der Waals surface area contributed by atoms with Crippen LogP contribution < -0.4 is 9.80 Å². The van der Waals surface area contributed by atoms with Gasteiger partial charge in [-0.2, -0.15) is 0 Å². The average Bonchev–Trinajstić information content (AvgIpc) is 2.97. The van der Waals surface area contributed by atoms with Crippen LogP contribution in [0.3, 0.4) is 0 Å². The van der Waals surface area contributed by atoms with Crippen LogP contribution in [-0.2, 0) is 19.4 Å². The van der Waals surface area contributed by atoms with E-state index in [9.17, 15) is 0 Å². The lowest BCUT2D eigenvalue weighted by Crippen LogP contribution is -2.38. The molecule has 0 N–H and O–H groups in total. The maximum Gasteiger partial charge on any atom is 0.226 e. The van der Waals surface area contributed by atoms with E-state index in [0.29, 0.717) is 5.41 Å². The van der Waals surface area contributed by atoms with E-state index in [1.807, 2.05) is 12.3 Å². The largest absolute Gasteiger partial charge is 0.371 e. The number of fused-ring (bicyclic) bond motifs is 1. The predicted octanol–water partition coefficient (Wildman–Crippen LogP) is 6.36. The van der Waals surface area contributed by atoms with Gasteiger partial charge in [-0.3, -0.25) is 15.0 Å². The highest BCUT2D eigenvalue weighted by Gasteiger charge is 2.30. The molecular weight excluding hydrogens is 494 g/mol. The van der Waals surface area contributed by atoms with E-state index in [-0.39, 0.29) is 0 Å². The normalized spacial score (nSPS) is 16.6. The second-order valence-electron chi connectivity index (χ2n) is 12.0. The standard InChI is InChI=1S/C33H39N7/c1-6-27-22(2)37-23(3)30(31(27)39-17-11-33(4,5)12-18-39)25-7-8-26-21-40(16-10-24(26)19-25)32-36-13-9-28(38-32)29-20-34-14-15-35-29/h7-9,13-15,19-20H,6,10-12,16-18,21H2,1-5H3. The number of rotatable bonds is 5. The molecule has 5 heterocycles. The van der Waals surface area contributed by atoms with Gasteiger partial charge in [-0.05, 0) is 73.3 Å². The number of aryl methyl sites for hydroxylation is 2. The minimum Gasteiger partial charge on any atom is -0.371 e. The lowest BCUT2D eigenvalue weighted by molar-refractivity contribution is 0.279. The molecule has 3 aromatic heterocycles. The van der Waals surface area contributed by atoms with E-state index in [1.54, 1.807) is 18.6 Å². The van der Waals surface area contributed by atoms with Crippen LogP contribution in [0, 0.1) is 19.3 Å². The Morgan fingerprint density at radius 1 is 0.825 bits per heavy atom. The summed E-state index contributed by atoms with van der Waals surface area (Å²) in [7, 11) is 0. The van der Waals surface area contributed by atoms with Crippen LogP contribution in [0.4, 0.5) is 11.6 Å². The second-order valence-corrected chi connectivity index (χ2v) is 12.0. The van der Waals surface area contributed by atoms with Crippen molar-refractivity contribution < 1.29 is 0 Å². The molecule has 2 aliphatic heterocycles. The number of nitrogens with zero attached hydrogens (tertiary/aromatic N) is 7. The van der Waals surface area contributed by atoms with Gasteiger partial charge in [-0.15, -0.1) is 0 Å². The van der Waals surface area contributed by atoms with Gasteiger partial charge in [0, 0.05) is 61.7 Å². The van der Waals surface area contributed by atoms with Gasteiger partial charge in [-0.25, -0.2) is 9.97 Å². The van der Waals surface area contributed by atoms with Gasteiger partial charge in [0.15, 0.2) is 0 Å². The van der Waals surface area contributed by atoms with Gasteiger partial charge in [0.05, 0.1) is 17.6 Å². The predicted molar refractivity (Wildman–Crippen MR) is 162 cm³/mol. The summed E-state index contributed by atoms with van der Waals surface area (Å²) in [5, 5.41) is 0. The first-order valence-corrected chi connectivity index (χ1v) is 14.5. The third-order valence-corrected chi connectivity index (χ3v) is 8.70. The number of hydrogen-bond acceptors (Lipinski definition) is 7. The zero-order valence-corrected chi connectivity index (χ0v) is 24.4. The number of pyridine rings is 1. The molecule has 0 unspecified atom stereocenters. The maximum atomic E-state index is 5.04. The third kappa shape index (κ3) is 5.05. The Bertz CT molecular complexity index is 1520. The quantitative estimate of drug-likeness (QED) is 0.295. The topological polar surface area (TPSA) is 70.9 Å². The van der Waals surface area contributed by atoms with E-state index in [0.717, 1.165) is 62.1 Å². The molecule has 1 fully saturated rings. The molecule has 6 rings (SSSR count). The van der Waals surface area contributed by atoms with E-state index in [4.69, 9.17) is 9.97 Å². The first kappa shape index (κ1) is 26.4. The Morgan fingerprint density at radius 2 is 1.65 bits per heavy atom. The lowest BCUT2D eigenvalue weighted by Gasteiger charge is -2.40. The molecule has 7 heteroatoms. The summed E-state index contributed by atoms with van der Waals surface area (Å²) in [6.07, 6.45) is 11.3. The third-order valence-electron chi connectivity index (χ3n) is 8.70. The smallest absolute Gasteiger partial charge is 0.226 e. The fraction of sp³-hybridized carbons (Fsp3) is 0.424. The fourth-order valence-electron chi connectivity index (χ4n) is 6.28. The molecule has 0 bridgehead atoms. The summed E-state index contributed by atoms with van der Waals surface area (Å²) < 4.78 is 0. The molecule has 206 valence electrons. The summed E-state index contributed by atoms with van der Waals surface area (Å²) in [4.78, 5) is 27.9. The summed E-state index contributed by atoms with van der Waals surface area (Å²) >= 11 is 0. The van der Waals surface area contributed by atoms with Crippen molar-refractivity contribution in [3.63, 3.8) is 0 Å². The molecule has 7 nitrogen and oxygen atoms in total. The van der Waals surface area contributed by atoms with Gasteiger partial charge in [0.25, 0.3) is 0 Å². The molecule has 0 aliphatic carbocycles. The Hall–Kier alpha value is -3.87. The summed E-state index contributed by atoms with van der Waals surface area (Å²) in [5.74, 6) is 0.736. The first-order valence-electron chi connectivity index (χ1n) is 14.5. The summed E-state index contributed by atoms with van der Waals surface area (Å²) in [6, 6.07) is 8.91. The van der Waals surface area contributed by atoms with Crippen molar-refractivity contribution in [3.05, 3.63) is 77.1 Å². The first-order chi connectivity index (χ1) is 19.3. The molecule has 40 heavy (non-hydrogen) atoms. The van der Waals surface area contributed by atoms with Gasteiger partial charge < -0.3 is 9.80 Å². The molecule has 2 aliphatic rings. The molecule has 0 spiro atoms. The Balaban J connectivity index is 1.32. The van der Waals surface area contributed by atoms with Crippen molar-refractivity contribution in [2.24, 2.45) is 5.41 Å². The minimum absolute atomic E-state index is 0.412. The number of hydrogen-bond donors (Lipinski definition) is 0. The number of anilines is 2. The Labute approximate surface area is 237 Å². The molecule has 0 radical (unpaired) electrons. The molecule has 1 saturated heterocycles. The van der Waals surface area contributed by atoms with Crippen LogP contribution in [0.15, 0.2) is 49.1 Å². The second kappa shape index (κ2) is 10.6. The number of piperidine rings is 1. The Morgan fingerprint density at radius 3 is 2.40 bits per heavy atom. The van der Waals surface area contributed by atoms with Crippen molar-refractivity contribution >= 4 is 11.6 Å². The molecule has 4 aromatic rings. The maximum absolute atomic E-state index is 5.04. The monoisotopic (exact) mass is 533 g/mol. The zero-order chi connectivity index (χ0) is 27.9. The van der Waals surface area contributed by atoms with Crippen molar-refractivity contribution in [1.29, 1.82) is 0 Å². The van der Waals surface area contributed by atoms with Gasteiger partial charge in [0.2, 0.25) is 5.95 Å². The molecule has 0 atom stereocenters. The van der Waals surface area contributed by atoms with Crippen molar-refractivity contribution in [1.82, 2.24) is 24.9 Å². The average molecular weight is 534 g/mol. The van der Waals surface area contributed by atoms with Gasteiger partial charge in [-0.1, -0.05) is 39.0 Å². The molecule has 1 aromatic carbocycles. The van der Waals surface area contributed by atoms with Crippen LogP contribution >= 0.6 is 0 Å². The van der Waals surface area contributed by atoms with Crippen LogP contribution in [0.5, 0.6) is 0 Å². The summed E-state index contributed by atoms with van der Waals surface area (Å²) in [6.45, 7) is 15.3. The van der Waals surface area contributed by atoms with Crippen LogP contribution in [-0.4, -0.2) is 44.6 Å². The van der Waals surface area contributed by atoms with Crippen molar-refractivity contribution in [2.45, 2.75) is 66.8 Å². The fourth-order valence-corrected chi connectivity index (χ4v) is 6.28. The van der Waals surface area contributed by atoms with E-state index in [1.165, 1.54) is 52.0 Å². The zero-order valence-electron chi connectivity index (χ0n) is 24.4. The van der Waals surface area contributed by atoms with Crippen molar-refractivity contribution in [2.75, 3.05) is 29.4 Å². The van der Waals surface area contributed by atoms with Gasteiger partial charge >= 0.3 is 0 Å². The van der Waals surface area contributed by atoms with Crippen LogP contribution in [0.25, 0.3) is 22.5 Å². The van der Waals surface area contributed by atoms with Crippen LogP contribution in [0.1, 0.15) is 61.7 Å². The Kier molecular flexibility index (Phi) is 6.99. The SMILES string of the molecule is CCc1c(C)nc(C)c(-c2ccc3c(c2)CCN(c2nccc(-c4cnccn4)n2)C3)c1N1CCC(C)(C)CC1. The molecule has 0 amide bonds. The van der Waals surface area contributed by atoms with E-state index >= 15 is 0 Å². The highest BCUT2D eigenvalue weighted by Crippen LogP contribution is 2.42. The molecular formula is C33H39N7. The van der Waals surface area contributed by atoms with Crippen molar-refractivity contribution in [3.8, 4) is 22.5 Å². The number of benzene rings is 1. The molecule has 0 saturated carbocycles. The highest BCUT2D eigenvalue weighted by molar-refractivity contribution is 5.84. The highest BCUT2D eigenvalue weighted by atomic mass is 15.3. The lowest BCUT2D eigenvalue weighted by atomic mass is 9.82. The summed E-state index contributed by atoms with van der Waals surface area (Å²) in [5.41, 5.74) is 12.4. The minimum atomic E-state index is 0.412.